The van der Waals surface area contributed by atoms with Crippen LogP contribution in [0.3, 0.4) is 0 Å². The van der Waals surface area contributed by atoms with Crippen molar-refractivity contribution in [1.82, 2.24) is 4.57 Å². The van der Waals surface area contributed by atoms with Gasteiger partial charge in [0, 0.05) is 17.4 Å². The number of benzene rings is 2. The third-order valence-corrected chi connectivity index (χ3v) is 5.20. The minimum absolute atomic E-state index is 0.312. The molecule has 1 atom stereocenters. The summed E-state index contributed by atoms with van der Waals surface area (Å²) in [5.74, 6) is 0.299. The molecular weight excluding hydrogens is 320 g/mol. The molecule has 0 radical (unpaired) electrons. The zero-order valence-corrected chi connectivity index (χ0v) is 16.1. The number of nitrogens with two attached hydrogens (primary N) is 1. The van der Waals surface area contributed by atoms with Gasteiger partial charge in [-0.2, -0.15) is 0 Å². The Hall–Kier alpha value is -2.55. The second-order valence-electron chi connectivity index (χ2n) is 7.65. The summed E-state index contributed by atoms with van der Waals surface area (Å²) in [5, 5.41) is 2.42. The quantitative estimate of drug-likeness (QED) is 0.609. The summed E-state index contributed by atoms with van der Waals surface area (Å²) >= 11 is 0. The molecule has 2 N–H and O–H groups in total. The van der Waals surface area contributed by atoms with Gasteiger partial charge < -0.3 is 10.3 Å². The van der Waals surface area contributed by atoms with Gasteiger partial charge in [0.15, 0.2) is 0 Å². The van der Waals surface area contributed by atoms with E-state index in [0.717, 1.165) is 29.8 Å². The average molecular weight is 348 g/mol. The number of nitrogens with zero attached hydrogens (tertiary/aromatic N) is 1. The van der Waals surface area contributed by atoms with Crippen molar-refractivity contribution in [3.05, 3.63) is 59.8 Å². The Balaban J connectivity index is 2.11. The average Bonchev–Trinajstić information content (AvgIpc) is 2.96. The minimum atomic E-state index is -0.362. The van der Waals surface area contributed by atoms with Crippen molar-refractivity contribution in [2.24, 2.45) is 11.7 Å². The molecule has 1 amide bonds. The van der Waals surface area contributed by atoms with E-state index in [-0.39, 0.29) is 5.91 Å². The van der Waals surface area contributed by atoms with Gasteiger partial charge in [-0.15, -0.1) is 0 Å². The zero-order valence-electron chi connectivity index (χ0n) is 16.1. The van der Waals surface area contributed by atoms with E-state index in [9.17, 15) is 4.79 Å². The molecule has 3 heteroatoms. The fraction of sp³-hybridized carbons (Fsp3) is 0.348. The molecule has 1 unspecified atom stereocenters. The van der Waals surface area contributed by atoms with E-state index in [1.54, 1.807) is 0 Å². The van der Waals surface area contributed by atoms with Crippen LogP contribution >= 0.6 is 0 Å². The van der Waals surface area contributed by atoms with Crippen LogP contribution in [-0.4, -0.2) is 10.5 Å². The van der Waals surface area contributed by atoms with Crippen LogP contribution in [0.1, 0.15) is 55.7 Å². The number of hydrogen-bond acceptors (Lipinski definition) is 1. The lowest BCUT2D eigenvalue weighted by molar-refractivity contribution is 0.0999. The molecule has 136 valence electrons. The van der Waals surface area contributed by atoms with Gasteiger partial charge in [-0.3, -0.25) is 4.79 Å². The van der Waals surface area contributed by atoms with Crippen molar-refractivity contribution in [2.75, 3.05) is 0 Å². The van der Waals surface area contributed by atoms with Gasteiger partial charge in [0.25, 0.3) is 5.91 Å². The van der Waals surface area contributed by atoms with Gasteiger partial charge in [0.05, 0.1) is 5.56 Å². The predicted octanol–water partition coefficient (Wildman–Crippen LogP) is 5.71. The highest BCUT2D eigenvalue weighted by Crippen LogP contribution is 2.33. The van der Waals surface area contributed by atoms with Gasteiger partial charge in [0.1, 0.15) is 0 Å². The number of carbonyl (C=O) groups is 1. The van der Waals surface area contributed by atoms with E-state index in [1.807, 2.05) is 19.1 Å². The number of primary amides is 1. The molecule has 1 heterocycles. The Morgan fingerprint density at radius 2 is 1.69 bits per heavy atom. The van der Waals surface area contributed by atoms with Crippen molar-refractivity contribution < 1.29 is 4.79 Å². The van der Waals surface area contributed by atoms with Crippen LogP contribution in [0.5, 0.6) is 0 Å². The van der Waals surface area contributed by atoms with Crippen molar-refractivity contribution in [3.8, 4) is 11.3 Å². The molecule has 0 aliphatic carbocycles. The first-order chi connectivity index (χ1) is 12.4. The first-order valence-corrected chi connectivity index (χ1v) is 9.39. The van der Waals surface area contributed by atoms with Crippen LogP contribution in [0.4, 0.5) is 0 Å². The topological polar surface area (TPSA) is 48.0 Å². The molecule has 0 saturated heterocycles. The van der Waals surface area contributed by atoms with E-state index in [0.29, 0.717) is 17.5 Å². The Morgan fingerprint density at radius 1 is 1.00 bits per heavy atom. The van der Waals surface area contributed by atoms with Gasteiger partial charge in [-0.1, -0.05) is 50.2 Å². The summed E-state index contributed by atoms with van der Waals surface area (Å²) in [5.41, 5.74) is 9.40. The number of aromatic nitrogens is 1. The summed E-state index contributed by atoms with van der Waals surface area (Å²) in [6.45, 7) is 8.71. The van der Waals surface area contributed by atoms with Gasteiger partial charge >= 0.3 is 0 Å². The van der Waals surface area contributed by atoms with Crippen molar-refractivity contribution in [2.45, 2.75) is 46.6 Å². The molecule has 0 spiro atoms. The Morgan fingerprint density at radius 3 is 2.35 bits per heavy atom. The van der Waals surface area contributed by atoms with Gasteiger partial charge in [0.2, 0.25) is 0 Å². The molecule has 3 nitrogen and oxygen atoms in total. The van der Waals surface area contributed by atoms with Crippen molar-refractivity contribution in [1.29, 1.82) is 0 Å². The molecule has 3 aromatic rings. The largest absolute Gasteiger partial charge is 0.366 e. The van der Waals surface area contributed by atoms with Crippen LogP contribution in [0.15, 0.2) is 48.5 Å². The SMILES string of the molecule is Cc1c(C(N)=O)cc(-c2ccc3ccccc3c2)n1C(C)CCC(C)C. The molecule has 1 aromatic heterocycles. The van der Waals surface area contributed by atoms with E-state index in [2.05, 4.69) is 61.7 Å². The molecule has 0 bridgehead atoms. The number of amides is 1. The van der Waals surface area contributed by atoms with Gasteiger partial charge in [-0.25, -0.2) is 0 Å². The van der Waals surface area contributed by atoms with Crippen molar-refractivity contribution >= 4 is 16.7 Å². The normalized spacial score (nSPS) is 12.7. The number of hydrogen-bond donors (Lipinski definition) is 1. The Bertz CT molecular complexity index is 937. The highest BCUT2D eigenvalue weighted by Gasteiger charge is 2.20. The highest BCUT2D eigenvalue weighted by molar-refractivity contribution is 5.96. The van der Waals surface area contributed by atoms with Crippen LogP contribution in [0.25, 0.3) is 22.0 Å². The fourth-order valence-electron chi connectivity index (χ4n) is 3.71. The van der Waals surface area contributed by atoms with Crippen LogP contribution in [0.2, 0.25) is 0 Å². The number of fused-ring (bicyclic) bond motifs is 1. The summed E-state index contributed by atoms with van der Waals surface area (Å²) in [7, 11) is 0. The maximum atomic E-state index is 11.9. The van der Waals surface area contributed by atoms with E-state index in [4.69, 9.17) is 5.73 Å². The Kier molecular flexibility index (Phi) is 5.17. The van der Waals surface area contributed by atoms with Gasteiger partial charge in [-0.05, 0) is 61.1 Å². The number of rotatable bonds is 6. The molecule has 26 heavy (non-hydrogen) atoms. The summed E-state index contributed by atoms with van der Waals surface area (Å²) in [6, 6.07) is 17.1. The first kappa shape index (κ1) is 18.2. The molecule has 0 saturated carbocycles. The third kappa shape index (κ3) is 3.52. The van der Waals surface area contributed by atoms with E-state index < -0.39 is 0 Å². The van der Waals surface area contributed by atoms with E-state index >= 15 is 0 Å². The van der Waals surface area contributed by atoms with E-state index in [1.165, 1.54) is 10.8 Å². The molecule has 0 aliphatic heterocycles. The van der Waals surface area contributed by atoms with Crippen LogP contribution < -0.4 is 5.73 Å². The summed E-state index contributed by atoms with van der Waals surface area (Å²) in [6.07, 6.45) is 2.23. The molecule has 3 rings (SSSR count). The smallest absolute Gasteiger partial charge is 0.250 e. The molecule has 2 aromatic carbocycles. The second-order valence-corrected chi connectivity index (χ2v) is 7.65. The monoisotopic (exact) mass is 348 g/mol. The second kappa shape index (κ2) is 7.36. The Labute approximate surface area is 155 Å². The lowest BCUT2D eigenvalue weighted by atomic mass is 10.0. The van der Waals surface area contributed by atoms with Crippen molar-refractivity contribution in [3.63, 3.8) is 0 Å². The summed E-state index contributed by atoms with van der Waals surface area (Å²) < 4.78 is 2.28. The number of carbonyl (C=O) groups excluding carboxylic acids is 1. The maximum Gasteiger partial charge on any atom is 0.250 e. The maximum absolute atomic E-state index is 11.9. The lowest BCUT2D eigenvalue weighted by Gasteiger charge is -2.21. The summed E-state index contributed by atoms with van der Waals surface area (Å²) in [4.78, 5) is 11.9. The third-order valence-electron chi connectivity index (χ3n) is 5.20. The highest BCUT2D eigenvalue weighted by atomic mass is 16.1. The predicted molar refractivity (Wildman–Crippen MR) is 109 cm³/mol. The molecule has 0 fully saturated rings. The zero-order chi connectivity index (χ0) is 18.8. The molecular formula is C23H28N2O. The molecule has 0 aliphatic rings. The van der Waals surface area contributed by atoms with Crippen LogP contribution in [-0.2, 0) is 0 Å². The first-order valence-electron chi connectivity index (χ1n) is 9.39. The standard InChI is InChI=1S/C23H28N2O/c1-15(2)9-10-16(3)25-17(4)21(23(24)26)14-22(25)20-12-11-18-7-5-6-8-19(18)13-20/h5-8,11-16H,9-10H2,1-4H3,(H2,24,26). The fourth-order valence-corrected chi connectivity index (χ4v) is 3.71. The van der Waals surface area contributed by atoms with Crippen LogP contribution in [0, 0.1) is 12.8 Å². The minimum Gasteiger partial charge on any atom is -0.366 e. The lowest BCUT2D eigenvalue weighted by Crippen LogP contribution is -2.14.